The van der Waals surface area contributed by atoms with Crippen molar-refractivity contribution in [3.05, 3.63) is 22.3 Å². The fraction of sp³-hybridized carbons (Fsp3) is 0.533. The minimum atomic E-state index is -1.17. The monoisotopic (exact) mass is 264 g/mol. The number of carboxylic acid groups (broad SMARTS) is 1. The van der Waals surface area contributed by atoms with Crippen molar-refractivity contribution >= 4 is 5.97 Å². The van der Waals surface area contributed by atoms with E-state index in [-0.39, 0.29) is 17.2 Å². The van der Waals surface area contributed by atoms with E-state index in [4.69, 9.17) is 0 Å². The molecule has 0 saturated heterocycles. The van der Waals surface area contributed by atoms with E-state index in [0.29, 0.717) is 11.1 Å². The lowest BCUT2D eigenvalue weighted by Gasteiger charge is -2.27. The van der Waals surface area contributed by atoms with Gasteiger partial charge in [0.05, 0.1) is 0 Å². The first-order valence-electron chi connectivity index (χ1n) is 6.73. The quantitative estimate of drug-likeness (QED) is 0.715. The highest BCUT2D eigenvalue weighted by atomic mass is 16.4. The van der Waals surface area contributed by atoms with Gasteiger partial charge in [0.1, 0.15) is 5.56 Å². The number of aromatic hydroxyl groups is 2. The highest BCUT2D eigenvalue weighted by Gasteiger charge is 2.29. The molecule has 1 aromatic carbocycles. The van der Waals surface area contributed by atoms with Gasteiger partial charge in [-0.2, -0.15) is 0 Å². The molecule has 0 atom stereocenters. The Kier molecular flexibility index (Phi) is 3.69. The van der Waals surface area contributed by atoms with Crippen LogP contribution in [0.15, 0.2) is 0 Å². The molecule has 3 N–H and O–H groups in total. The molecule has 1 aliphatic carbocycles. The lowest BCUT2D eigenvalue weighted by molar-refractivity contribution is 0.0690. The van der Waals surface area contributed by atoms with Gasteiger partial charge >= 0.3 is 5.97 Å². The van der Waals surface area contributed by atoms with Crippen molar-refractivity contribution in [2.24, 2.45) is 0 Å². The Bertz CT molecular complexity index is 514. The summed E-state index contributed by atoms with van der Waals surface area (Å²) in [7, 11) is 0. The highest BCUT2D eigenvalue weighted by molar-refractivity contribution is 5.95. The molecule has 0 bridgehead atoms. The molecule has 0 heterocycles. The van der Waals surface area contributed by atoms with Crippen LogP contribution in [0.3, 0.4) is 0 Å². The van der Waals surface area contributed by atoms with Crippen LogP contribution >= 0.6 is 0 Å². The zero-order valence-electron chi connectivity index (χ0n) is 11.4. The molecule has 0 radical (unpaired) electrons. The molecule has 0 aliphatic heterocycles. The zero-order chi connectivity index (χ0) is 14.2. The second-order valence-corrected chi connectivity index (χ2v) is 5.38. The number of carbonyl (C=O) groups is 1. The first-order valence-corrected chi connectivity index (χ1v) is 6.73. The van der Waals surface area contributed by atoms with E-state index in [1.807, 2.05) is 6.92 Å². The topological polar surface area (TPSA) is 77.8 Å². The zero-order valence-corrected chi connectivity index (χ0v) is 11.4. The third-order valence-corrected chi connectivity index (χ3v) is 4.28. The number of phenolic OH excluding ortho intramolecular Hbond substituents is 1. The van der Waals surface area contributed by atoms with Gasteiger partial charge in [-0.15, -0.1) is 0 Å². The van der Waals surface area contributed by atoms with E-state index in [1.165, 1.54) is 6.42 Å². The van der Waals surface area contributed by atoms with Crippen LogP contribution in [-0.4, -0.2) is 21.3 Å². The smallest absolute Gasteiger partial charge is 0.339 e. The summed E-state index contributed by atoms with van der Waals surface area (Å²) >= 11 is 0. The Morgan fingerprint density at radius 3 is 2.11 bits per heavy atom. The van der Waals surface area contributed by atoms with Crippen LogP contribution in [0, 0.1) is 13.8 Å². The second kappa shape index (κ2) is 5.11. The van der Waals surface area contributed by atoms with Crippen LogP contribution in [0.25, 0.3) is 0 Å². The first-order chi connectivity index (χ1) is 8.95. The summed E-state index contributed by atoms with van der Waals surface area (Å²) in [6.07, 6.45) is 5.25. The van der Waals surface area contributed by atoms with Crippen molar-refractivity contribution in [1.29, 1.82) is 0 Å². The highest BCUT2D eigenvalue weighted by Crippen LogP contribution is 2.44. The third kappa shape index (κ3) is 2.27. The Hall–Kier alpha value is -1.71. The van der Waals surface area contributed by atoms with E-state index in [9.17, 15) is 20.1 Å². The molecule has 1 fully saturated rings. The standard InChI is InChI=1S/C15H20O4/c1-8-9(2)13(16)14(17)12(15(18)19)11(8)10-6-4-3-5-7-10/h10,16-17H,3-7H2,1-2H3,(H,18,19). The number of aromatic carboxylic acids is 1. The molecular weight excluding hydrogens is 244 g/mol. The maximum atomic E-state index is 11.4. The molecule has 4 heteroatoms. The maximum Gasteiger partial charge on any atom is 0.339 e. The Morgan fingerprint density at radius 2 is 1.58 bits per heavy atom. The van der Waals surface area contributed by atoms with Crippen molar-refractivity contribution < 1.29 is 20.1 Å². The van der Waals surface area contributed by atoms with Gasteiger partial charge in [-0.05, 0) is 49.3 Å². The van der Waals surface area contributed by atoms with Crippen LogP contribution < -0.4 is 0 Å². The van der Waals surface area contributed by atoms with Gasteiger partial charge in [0.25, 0.3) is 0 Å². The van der Waals surface area contributed by atoms with Gasteiger partial charge in [0.15, 0.2) is 11.5 Å². The van der Waals surface area contributed by atoms with Crippen molar-refractivity contribution in [2.45, 2.75) is 51.9 Å². The van der Waals surface area contributed by atoms with Gasteiger partial charge in [-0.3, -0.25) is 0 Å². The molecule has 0 unspecified atom stereocenters. The van der Waals surface area contributed by atoms with Gasteiger partial charge < -0.3 is 15.3 Å². The molecule has 1 aromatic rings. The number of hydrogen-bond donors (Lipinski definition) is 3. The van der Waals surface area contributed by atoms with Gasteiger partial charge in [0, 0.05) is 0 Å². The minimum Gasteiger partial charge on any atom is -0.504 e. The third-order valence-electron chi connectivity index (χ3n) is 4.28. The average Bonchev–Trinajstić information content (AvgIpc) is 2.40. The summed E-state index contributed by atoms with van der Waals surface area (Å²) < 4.78 is 0. The van der Waals surface area contributed by atoms with Crippen molar-refractivity contribution in [1.82, 2.24) is 0 Å². The Morgan fingerprint density at radius 1 is 1.00 bits per heavy atom. The normalized spacial score (nSPS) is 16.5. The SMILES string of the molecule is Cc1c(C)c(C2CCCCC2)c(C(=O)O)c(O)c1O. The minimum absolute atomic E-state index is 0.118. The van der Waals surface area contributed by atoms with E-state index in [0.717, 1.165) is 31.2 Å². The summed E-state index contributed by atoms with van der Waals surface area (Å²) in [5.74, 6) is -1.80. The fourth-order valence-electron chi connectivity index (χ4n) is 3.11. The lowest BCUT2D eigenvalue weighted by Crippen LogP contribution is -2.13. The van der Waals surface area contributed by atoms with Crippen LogP contribution in [0.2, 0.25) is 0 Å². The molecule has 0 spiro atoms. The number of benzene rings is 1. The van der Waals surface area contributed by atoms with Gasteiger partial charge in [0.2, 0.25) is 0 Å². The summed E-state index contributed by atoms with van der Waals surface area (Å²) in [6.45, 7) is 3.53. The van der Waals surface area contributed by atoms with Gasteiger partial charge in [-0.1, -0.05) is 19.3 Å². The van der Waals surface area contributed by atoms with Crippen LogP contribution in [0.1, 0.15) is 65.1 Å². The van der Waals surface area contributed by atoms with Crippen LogP contribution in [0.5, 0.6) is 11.5 Å². The fourth-order valence-corrected chi connectivity index (χ4v) is 3.11. The molecular formula is C15H20O4. The number of hydrogen-bond acceptors (Lipinski definition) is 3. The molecule has 1 saturated carbocycles. The number of phenols is 2. The van der Waals surface area contributed by atoms with E-state index in [2.05, 4.69) is 0 Å². The van der Waals surface area contributed by atoms with Crippen LogP contribution in [0.4, 0.5) is 0 Å². The molecule has 0 aromatic heterocycles. The predicted molar refractivity (Wildman–Crippen MR) is 72.0 cm³/mol. The van der Waals surface area contributed by atoms with Gasteiger partial charge in [-0.25, -0.2) is 4.79 Å². The van der Waals surface area contributed by atoms with Crippen molar-refractivity contribution in [3.63, 3.8) is 0 Å². The number of rotatable bonds is 2. The number of carboxylic acids is 1. The Balaban J connectivity index is 2.66. The van der Waals surface area contributed by atoms with E-state index < -0.39 is 11.7 Å². The first kappa shape index (κ1) is 13.7. The van der Waals surface area contributed by atoms with Crippen molar-refractivity contribution in [3.8, 4) is 11.5 Å². The Labute approximate surface area is 112 Å². The lowest BCUT2D eigenvalue weighted by atomic mass is 9.78. The van der Waals surface area contributed by atoms with E-state index >= 15 is 0 Å². The predicted octanol–water partition coefficient (Wildman–Crippen LogP) is 3.46. The van der Waals surface area contributed by atoms with E-state index in [1.54, 1.807) is 6.92 Å². The largest absolute Gasteiger partial charge is 0.504 e. The summed E-state index contributed by atoms with van der Waals surface area (Å²) in [5, 5.41) is 29.1. The second-order valence-electron chi connectivity index (χ2n) is 5.38. The molecule has 1 aliphatic rings. The molecule has 104 valence electrons. The summed E-state index contributed by atoms with van der Waals surface area (Å²) in [5.41, 5.74) is 1.95. The summed E-state index contributed by atoms with van der Waals surface area (Å²) in [6, 6.07) is 0. The van der Waals surface area contributed by atoms with Crippen LogP contribution in [-0.2, 0) is 0 Å². The van der Waals surface area contributed by atoms with Crippen molar-refractivity contribution in [2.75, 3.05) is 0 Å². The maximum absolute atomic E-state index is 11.4. The summed E-state index contributed by atoms with van der Waals surface area (Å²) in [4.78, 5) is 11.4. The molecule has 19 heavy (non-hydrogen) atoms. The molecule has 0 amide bonds. The average molecular weight is 264 g/mol. The molecule has 4 nitrogen and oxygen atoms in total. The molecule has 2 rings (SSSR count).